The molecule has 3 rings (SSSR count). The smallest absolute Gasteiger partial charge is 0.261 e. The van der Waals surface area contributed by atoms with E-state index in [1.165, 1.54) is 19.3 Å². The molecule has 1 aromatic carbocycles. The lowest BCUT2D eigenvalue weighted by Crippen LogP contribution is -2.20. The molecular weight excluding hydrogens is 354 g/mol. The Hall–Kier alpha value is -2.91. The average Bonchev–Trinajstić information content (AvgIpc) is 3.25. The van der Waals surface area contributed by atoms with Gasteiger partial charge in [0, 0.05) is 25.1 Å². The monoisotopic (exact) mass is 373 g/mol. The predicted molar refractivity (Wildman–Crippen MR) is 97.9 cm³/mol. The Morgan fingerprint density at radius 2 is 1.88 bits per heavy atom. The molecule has 9 heteroatoms. The highest BCUT2D eigenvalue weighted by Gasteiger charge is 2.19. The van der Waals surface area contributed by atoms with Crippen molar-refractivity contribution >= 4 is 21.6 Å². The molecule has 0 aliphatic carbocycles. The summed E-state index contributed by atoms with van der Waals surface area (Å²) in [5.74, 6) is 0.237. The number of anilines is 1. The van der Waals surface area contributed by atoms with E-state index in [1.54, 1.807) is 35.4 Å². The molecule has 0 radical (unpaired) electrons. The summed E-state index contributed by atoms with van der Waals surface area (Å²) >= 11 is 0. The maximum Gasteiger partial charge on any atom is 0.261 e. The van der Waals surface area contributed by atoms with Crippen LogP contribution in [0.25, 0.3) is 5.82 Å². The van der Waals surface area contributed by atoms with E-state index in [2.05, 4.69) is 15.1 Å². The first-order chi connectivity index (χ1) is 12.3. The van der Waals surface area contributed by atoms with Crippen molar-refractivity contribution in [3.8, 4) is 5.82 Å². The fraction of sp³-hybridized carbons (Fsp3) is 0.176. The van der Waals surface area contributed by atoms with Crippen LogP contribution < -0.4 is 10.0 Å². The molecular formula is C17H19N5O3S. The molecule has 2 heterocycles. The van der Waals surface area contributed by atoms with Crippen molar-refractivity contribution in [2.24, 2.45) is 7.05 Å². The number of nitrogens with one attached hydrogen (secondary N) is 2. The first-order valence-electron chi connectivity index (χ1n) is 7.84. The lowest BCUT2D eigenvalue weighted by atomic mass is 10.2. The van der Waals surface area contributed by atoms with E-state index in [-0.39, 0.29) is 10.8 Å². The molecule has 0 spiro atoms. The number of aryl methyl sites for hydroxylation is 2. The number of hydrogen-bond acceptors (Lipinski definition) is 4. The van der Waals surface area contributed by atoms with Crippen LogP contribution in [0, 0.1) is 6.92 Å². The maximum absolute atomic E-state index is 12.7. The number of amides is 1. The van der Waals surface area contributed by atoms with Gasteiger partial charge in [0.15, 0.2) is 0 Å². The third-order valence-electron chi connectivity index (χ3n) is 4.01. The second-order valence-corrected chi connectivity index (χ2v) is 7.59. The van der Waals surface area contributed by atoms with Crippen LogP contribution in [-0.4, -0.2) is 35.7 Å². The number of rotatable bonds is 5. The van der Waals surface area contributed by atoms with Gasteiger partial charge in [-0.05, 0) is 43.8 Å². The van der Waals surface area contributed by atoms with Gasteiger partial charge in [0.25, 0.3) is 5.91 Å². The van der Waals surface area contributed by atoms with Crippen molar-refractivity contribution in [3.63, 3.8) is 0 Å². The largest absolute Gasteiger partial charge is 0.322 e. The highest BCUT2D eigenvalue weighted by molar-refractivity contribution is 7.89. The van der Waals surface area contributed by atoms with E-state index < -0.39 is 10.0 Å². The zero-order valence-electron chi connectivity index (χ0n) is 14.6. The summed E-state index contributed by atoms with van der Waals surface area (Å²) in [6.07, 6.45) is 5.11. The van der Waals surface area contributed by atoms with Crippen LogP contribution in [0.5, 0.6) is 0 Å². The summed E-state index contributed by atoms with van der Waals surface area (Å²) in [6.45, 7) is 1.70. The SMILES string of the molecule is CNS(=O)(=O)c1cc(NC(=O)c2cnn(C)c2-n2cccc2)ccc1C. The normalized spacial score (nSPS) is 11.5. The summed E-state index contributed by atoms with van der Waals surface area (Å²) < 4.78 is 29.9. The third-order valence-corrected chi connectivity index (χ3v) is 5.56. The van der Waals surface area contributed by atoms with Gasteiger partial charge in [0.05, 0.1) is 11.1 Å². The van der Waals surface area contributed by atoms with Crippen LogP contribution in [0.15, 0.2) is 53.8 Å². The number of hydrogen-bond donors (Lipinski definition) is 2. The Balaban J connectivity index is 1.94. The van der Waals surface area contributed by atoms with Gasteiger partial charge < -0.3 is 9.88 Å². The molecule has 0 bridgehead atoms. The van der Waals surface area contributed by atoms with E-state index in [0.717, 1.165) is 0 Å². The zero-order valence-corrected chi connectivity index (χ0v) is 15.4. The molecule has 0 fully saturated rings. The van der Waals surface area contributed by atoms with Crippen molar-refractivity contribution in [1.82, 2.24) is 19.1 Å². The standard InChI is InChI=1S/C17H19N5O3S/c1-12-6-7-13(10-15(12)26(24,25)18-2)20-16(23)14-11-19-21(3)17(14)22-8-4-5-9-22/h4-11,18H,1-3H3,(H,20,23). The van der Waals surface area contributed by atoms with Gasteiger partial charge in [-0.25, -0.2) is 13.1 Å². The summed E-state index contributed by atoms with van der Waals surface area (Å²) in [7, 11) is -0.521. The molecule has 0 aliphatic heterocycles. The van der Waals surface area contributed by atoms with E-state index in [4.69, 9.17) is 0 Å². The molecule has 0 saturated carbocycles. The molecule has 2 aromatic heterocycles. The van der Waals surface area contributed by atoms with Crippen molar-refractivity contribution < 1.29 is 13.2 Å². The van der Waals surface area contributed by atoms with Crippen molar-refractivity contribution in [2.75, 3.05) is 12.4 Å². The molecule has 0 atom stereocenters. The highest BCUT2D eigenvalue weighted by Crippen LogP contribution is 2.21. The second-order valence-electron chi connectivity index (χ2n) is 5.74. The number of sulfonamides is 1. The molecule has 0 saturated heterocycles. The van der Waals surface area contributed by atoms with Gasteiger partial charge >= 0.3 is 0 Å². The van der Waals surface area contributed by atoms with Crippen LogP contribution in [0.1, 0.15) is 15.9 Å². The zero-order chi connectivity index (χ0) is 18.9. The van der Waals surface area contributed by atoms with E-state index in [1.807, 2.05) is 24.5 Å². The Morgan fingerprint density at radius 1 is 1.19 bits per heavy atom. The van der Waals surface area contributed by atoms with Gasteiger partial charge in [-0.1, -0.05) is 6.07 Å². The van der Waals surface area contributed by atoms with Crippen LogP contribution in [0.3, 0.4) is 0 Å². The van der Waals surface area contributed by atoms with Gasteiger partial charge in [0.1, 0.15) is 11.4 Å². The van der Waals surface area contributed by atoms with Gasteiger partial charge in [-0.3, -0.25) is 9.48 Å². The lowest BCUT2D eigenvalue weighted by Gasteiger charge is -2.11. The average molecular weight is 373 g/mol. The van der Waals surface area contributed by atoms with E-state index >= 15 is 0 Å². The van der Waals surface area contributed by atoms with Crippen LogP contribution in [-0.2, 0) is 17.1 Å². The molecule has 0 unspecified atom stereocenters. The van der Waals surface area contributed by atoms with E-state index in [0.29, 0.717) is 22.6 Å². The summed E-state index contributed by atoms with van der Waals surface area (Å²) in [4.78, 5) is 12.8. The van der Waals surface area contributed by atoms with Crippen molar-refractivity contribution in [2.45, 2.75) is 11.8 Å². The topological polar surface area (TPSA) is 98.0 Å². The van der Waals surface area contributed by atoms with E-state index in [9.17, 15) is 13.2 Å². The van der Waals surface area contributed by atoms with Gasteiger partial charge in [0.2, 0.25) is 10.0 Å². The number of carbonyl (C=O) groups excluding carboxylic acids is 1. The summed E-state index contributed by atoms with van der Waals surface area (Å²) in [5.41, 5.74) is 1.35. The Bertz CT molecular complexity index is 1050. The Kier molecular flexibility index (Phi) is 4.66. The van der Waals surface area contributed by atoms with Crippen molar-refractivity contribution in [3.05, 3.63) is 60.0 Å². The maximum atomic E-state index is 12.7. The summed E-state index contributed by atoms with van der Waals surface area (Å²) in [5, 5.41) is 6.89. The molecule has 2 N–H and O–H groups in total. The van der Waals surface area contributed by atoms with Gasteiger partial charge in [-0.15, -0.1) is 0 Å². The minimum atomic E-state index is -3.61. The highest BCUT2D eigenvalue weighted by atomic mass is 32.2. The minimum Gasteiger partial charge on any atom is -0.322 e. The first-order valence-corrected chi connectivity index (χ1v) is 9.32. The summed E-state index contributed by atoms with van der Waals surface area (Å²) in [6, 6.07) is 8.45. The predicted octanol–water partition coefficient (Wildman–Crippen LogP) is 1.68. The number of aromatic nitrogens is 3. The molecule has 3 aromatic rings. The Morgan fingerprint density at radius 3 is 2.54 bits per heavy atom. The fourth-order valence-electron chi connectivity index (χ4n) is 2.65. The fourth-order valence-corrected chi connectivity index (χ4v) is 3.64. The van der Waals surface area contributed by atoms with Crippen molar-refractivity contribution in [1.29, 1.82) is 0 Å². The lowest BCUT2D eigenvalue weighted by molar-refractivity contribution is 0.102. The second kappa shape index (κ2) is 6.77. The molecule has 0 aliphatic rings. The quantitative estimate of drug-likeness (QED) is 0.711. The molecule has 8 nitrogen and oxygen atoms in total. The number of benzene rings is 1. The van der Waals surface area contributed by atoms with Gasteiger partial charge in [-0.2, -0.15) is 5.10 Å². The van der Waals surface area contributed by atoms with Crippen LogP contribution in [0.2, 0.25) is 0 Å². The number of carbonyl (C=O) groups is 1. The molecule has 1 amide bonds. The van der Waals surface area contributed by atoms with Crippen LogP contribution in [0.4, 0.5) is 5.69 Å². The minimum absolute atomic E-state index is 0.120. The van der Waals surface area contributed by atoms with Crippen LogP contribution >= 0.6 is 0 Å². The number of nitrogens with zero attached hydrogens (tertiary/aromatic N) is 3. The Labute approximate surface area is 151 Å². The molecule has 136 valence electrons. The molecule has 26 heavy (non-hydrogen) atoms. The third kappa shape index (κ3) is 3.26. The first kappa shape index (κ1) is 17.9.